The van der Waals surface area contributed by atoms with Crippen LogP contribution < -0.4 is 10.2 Å². The Morgan fingerprint density at radius 2 is 1.62 bits per heavy atom. The number of hydrogen-bond donors (Lipinski definition) is 0. The molecule has 2 aromatic heterocycles. The Morgan fingerprint density at radius 1 is 0.917 bits per heavy atom. The highest BCUT2D eigenvalue weighted by Crippen LogP contribution is 2.25. The number of methoxy groups -OCH3 is 1. The Morgan fingerprint density at radius 3 is 2.38 bits per heavy atom. The van der Waals surface area contributed by atoms with Gasteiger partial charge in [0.1, 0.15) is 0 Å². The molecule has 0 saturated carbocycles. The van der Waals surface area contributed by atoms with Crippen LogP contribution in [0.1, 0.15) is 0 Å². The fourth-order valence-corrected chi connectivity index (χ4v) is 2.98. The zero-order valence-electron chi connectivity index (χ0n) is 13.4. The van der Waals surface area contributed by atoms with Gasteiger partial charge >= 0.3 is 6.01 Å². The minimum Gasteiger partial charge on any atom is -0.467 e. The number of benzene rings is 2. The lowest BCUT2D eigenvalue weighted by molar-refractivity contribution is 0.380. The molecule has 5 heteroatoms. The van der Waals surface area contributed by atoms with Gasteiger partial charge in [0.25, 0.3) is 0 Å². The van der Waals surface area contributed by atoms with Gasteiger partial charge in [0.15, 0.2) is 5.43 Å². The Kier molecular flexibility index (Phi) is 3.27. The van der Waals surface area contributed by atoms with Gasteiger partial charge in [0.05, 0.1) is 18.1 Å². The summed E-state index contributed by atoms with van der Waals surface area (Å²) < 4.78 is 7.03. The van der Waals surface area contributed by atoms with E-state index in [0.717, 1.165) is 27.5 Å². The lowest BCUT2D eigenvalue weighted by Gasteiger charge is -2.11. The van der Waals surface area contributed by atoms with Crippen LogP contribution >= 0.6 is 0 Å². The molecular formula is C19H15N3O2. The fourth-order valence-electron chi connectivity index (χ4n) is 2.98. The maximum atomic E-state index is 12.7. The summed E-state index contributed by atoms with van der Waals surface area (Å²) >= 11 is 0. The molecule has 2 aromatic carbocycles. The molecule has 0 aliphatic carbocycles. The first-order valence-electron chi connectivity index (χ1n) is 7.57. The number of aryl methyl sites for hydroxylation is 1. The Hall–Kier alpha value is -3.21. The van der Waals surface area contributed by atoms with Gasteiger partial charge in [0.2, 0.25) is 0 Å². The molecule has 0 radical (unpaired) electrons. The van der Waals surface area contributed by atoms with Gasteiger partial charge in [-0.15, -0.1) is 0 Å². The molecule has 4 aromatic rings. The molecule has 4 rings (SSSR count). The number of fused-ring (bicyclic) bond motifs is 2. The molecule has 0 atom stereocenters. The summed E-state index contributed by atoms with van der Waals surface area (Å²) in [5.74, 6) is 0. The fraction of sp³-hybridized carbons (Fsp3) is 0.105. The number of hydrogen-bond acceptors (Lipinski definition) is 4. The number of pyridine rings is 1. The predicted octanol–water partition coefficient (Wildman–Crippen LogP) is 3.16. The first kappa shape index (κ1) is 14.4. The highest BCUT2D eigenvalue weighted by molar-refractivity contribution is 5.95. The topological polar surface area (TPSA) is 57.0 Å². The van der Waals surface area contributed by atoms with Gasteiger partial charge in [-0.2, -0.15) is 0 Å². The van der Waals surface area contributed by atoms with Crippen LogP contribution in [0.5, 0.6) is 6.01 Å². The van der Waals surface area contributed by atoms with Crippen LogP contribution in [0.25, 0.3) is 32.9 Å². The van der Waals surface area contributed by atoms with Gasteiger partial charge in [0, 0.05) is 35.8 Å². The standard InChI is InChI=1S/C19H15N3O2/c1-22-16-6-4-3-5-14(16)18(23)15-8-7-12(9-17(15)22)13-10-20-19(24-2)21-11-13/h3-11H,1-2H3. The number of rotatable bonds is 2. The zero-order valence-corrected chi connectivity index (χ0v) is 13.4. The van der Waals surface area contributed by atoms with Crippen molar-refractivity contribution < 1.29 is 4.74 Å². The van der Waals surface area contributed by atoms with Crippen LogP contribution in [0.15, 0.2) is 59.7 Å². The second kappa shape index (κ2) is 5.45. The lowest BCUT2D eigenvalue weighted by Crippen LogP contribution is -2.09. The molecule has 0 aliphatic heterocycles. The molecule has 24 heavy (non-hydrogen) atoms. The van der Waals surface area contributed by atoms with Crippen LogP contribution in [0, 0.1) is 0 Å². The third-order valence-electron chi connectivity index (χ3n) is 4.26. The Balaban J connectivity index is 1.99. The molecule has 118 valence electrons. The van der Waals surface area contributed by atoms with Crippen LogP contribution in [0.2, 0.25) is 0 Å². The van der Waals surface area contributed by atoms with E-state index in [1.54, 1.807) is 12.4 Å². The van der Waals surface area contributed by atoms with Crippen molar-refractivity contribution in [2.75, 3.05) is 7.11 Å². The van der Waals surface area contributed by atoms with Crippen molar-refractivity contribution in [3.63, 3.8) is 0 Å². The number of para-hydroxylation sites is 1. The minimum absolute atomic E-state index is 0.0521. The lowest BCUT2D eigenvalue weighted by atomic mass is 10.0. The molecule has 0 aliphatic rings. The van der Waals surface area contributed by atoms with Gasteiger partial charge in [-0.1, -0.05) is 18.2 Å². The molecule has 0 amide bonds. The van der Waals surface area contributed by atoms with Crippen molar-refractivity contribution in [3.8, 4) is 17.1 Å². The molecular weight excluding hydrogens is 302 g/mol. The summed E-state index contributed by atoms with van der Waals surface area (Å²) in [6, 6.07) is 13.8. The minimum atomic E-state index is 0.0521. The van der Waals surface area contributed by atoms with Crippen LogP contribution in [0.4, 0.5) is 0 Å². The van der Waals surface area contributed by atoms with E-state index in [4.69, 9.17) is 4.74 Å². The van der Waals surface area contributed by atoms with Crippen LogP contribution in [-0.2, 0) is 7.05 Å². The number of ether oxygens (including phenoxy) is 1. The van der Waals surface area contributed by atoms with Gasteiger partial charge in [-0.3, -0.25) is 4.79 Å². The molecule has 2 heterocycles. The number of nitrogens with zero attached hydrogens (tertiary/aromatic N) is 3. The first-order chi connectivity index (χ1) is 11.7. The Bertz CT molecular complexity index is 1120. The smallest absolute Gasteiger partial charge is 0.316 e. The third-order valence-corrected chi connectivity index (χ3v) is 4.26. The maximum Gasteiger partial charge on any atom is 0.316 e. The van der Waals surface area contributed by atoms with E-state index in [9.17, 15) is 4.79 Å². The summed E-state index contributed by atoms with van der Waals surface area (Å²) in [7, 11) is 3.50. The highest BCUT2D eigenvalue weighted by atomic mass is 16.5. The summed E-state index contributed by atoms with van der Waals surface area (Å²) in [5, 5.41) is 1.43. The molecule has 0 bridgehead atoms. The van der Waals surface area contributed by atoms with Crippen molar-refractivity contribution in [3.05, 3.63) is 65.1 Å². The summed E-state index contributed by atoms with van der Waals surface area (Å²) in [6.07, 6.45) is 3.43. The van der Waals surface area contributed by atoms with E-state index in [0.29, 0.717) is 11.4 Å². The van der Waals surface area contributed by atoms with Crippen LogP contribution in [-0.4, -0.2) is 21.6 Å². The average molecular weight is 317 g/mol. The Labute approximate surface area is 138 Å². The van der Waals surface area contributed by atoms with Crippen molar-refractivity contribution in [2.24, 2.45) is 7.05 Å². The van der Waals surface area contributed by atoms with Crippen molar-refractivity contribution in [1.29, 1.82) is 0 Å². The first-order valence-corrected chi connectivity index (χ1v) is 7.57. The van der Waals surface area contributed by atoms with Gasteiger partial charge in [-0.25, -0.2) is 9.97 Å². The summed E-state index contributed by atoms with van der Waals surface area (Å²) in [6.45, 7) is 0. The van der Waals surface area contributed by atoms with E-state index in [1.165, 1.54) is 7.11 Å². The summed E-state index contributed by atoms with van der Waals surface area (Å²) in [4.78, 5) is 21.0. The average Bonchev–Trinajstić information content (AvgIpc) is 2.66. The van der Waals surface area contributed by atoms with Crippen molar-refractivity contribution in [1.82, 2.24) is 14.5 Å². The molecule has 0 unspecified atom stereocenters. The quantitative estimate of drug-likeness (QED) is 0.533. The molecule has 0 N–H and O–H groups in total. The van der Waals surface area contributed by atoms with E-state index in [1.807, 2.05) is 54.1 Å². The highest BCUT2D eigenvalue weighted by Gasteiger charge is 2.10. The maximum absolute atomic E-state index is 12.7. The monoisotopic (exact) mass is 317 g/mol. The summed E-state index contributed by atoms with van der Waals surface area (Å²) in [5.41, 5.74) is 3.68. The van der Waals surface area contributed by atoms with Gasteiger partial charge in [-0.05, 0) is 29.8 Å². The van der Waals surface area contributed by atoms with Crippen molar-refractivity contribution >= 4 is 21.8 Å². The number of aromatic nitrogens is 3. The largest absolute Gasteiger partial charge is 0.467 e. The van der Waals surface area contributed by atoms with Crippen molar-refractivity contribution in [2.45, 2.75) is 0 Å². The van der Waals surface area contributed by atoms with E-state index in [-0.39, 0.29) is 5.43 Å². The van der Waals surface area contributed by atoms with E-state index >= 15 is 0 Å². The molecule has 0 saturated heterocycles. The van der Waals surface area contributed by atoms with Gasteiger partial charge < -0.3 is 9.30 Å². The van der Waals surface area contributed by atoms with Crippen LogP contribution in [0.3, 0.4) is 0 Å². The third kappa shape index (κ3) is 2.13. The molecule has 5 nitrogen and oxygen atoms in total. The SMILES string of the molecule is COc1ncc(-c2ccc3c(=O)c4ccccc4n(C)c3c2)cn1. The van der Waals surface area contributed by atoms with E-state index in [2.05, 4.69) is 9.97 Å². The zero-order chi connectivity index (χ0) is 16.7. The predicted molar refractivity (Wildman–Crippen MR) is 94.3 cm³/mol. The second-order valence-corrected chi connectivity index (χ2v) is 5.60. The molecule has 0 fully saturated rings. The molecule has 0 spiro atoms. The van der Waals surface area contributed by atoms with E-state index < -0.39 is 0 Å². The second-order valence-electron chi connectivity index (χ2n) is 5.60. The normalized spacial score (nSPS) is 11.1.